The fraction of sp³-hybridized carbons (Fsp3) is 0.125. The van der Waals surface area contributed by atoms with E-state index in [2.05, 4.69) is 25.2 Å². The molecule has 3 rings (SSSR count). The van der Waals surface area contributed by atoms with Crippen molar-refractivity contribution >= 4 is 38.2 Å². The van der Waals surface area contributed by atoms with Crippen LogP contribution in [0, 0.1) is 6.92 Å². The highest BCUT2D eigenvalue weighted by atomic mass is 32.2. The van der Waals surface area contributed by atoms with Gasteiger partial charge in [0.25, 0.3) is 10.0 Å². The quantitative estimate of drug-likeness (QED) is 0.693. The largest absolute Gasteiger partial charge is 0.302 e. The third kappa shape index (κ3) is 4.03. The number of hydrogen-bond acceptors (Lipinski definition) is 7. The number of carbonyl (C=O) groups excluding carboxylic acids is 1. The van der Waals surface area contributed by atoms with Crippen LogP contribution in [-0.4, -0.2) is 29.5 Å². The Hall–Kier alpha value is -2.85. The molecule has 0 saturated heterocycles. The summed E-state index contributed by atoms with van der Waals surface area (Å²) in [4.78, 5) is 16.3. The smallest absolute Gasteiger partial charge is 0.263 e. The molecule has 3 aromatic rings. The van der Waals surface area contributed by atoms with Gasteiger partial charge < -0.3 is 5.32 Å². The summed E-state index contributed by atoms with van der Waals surface area (Å²) in [7, 11) is -3.72. The molecule has 0 aliphatic carbocycles. The van der Waals surface area contributed by atoms with Crippen LogP contribution in [-0.2, 0) is 14.8 Å². The number of thiazole rings is 1. The summed E-state index contributed by atoms with van der Waals surface area (Å²) in [5.74, 6) is -0.0936. The van der Waals surface area contributed by atoms with Crippen LogP contribution in [0.5, 0.6) is 0 Å². The molecule has 2 N–H and O–H groups in total. The molecule has 0 atom stereocenters. The van der Waals surface area contributed by atoms with Crippen LogP contribution in [0.4, 0.5) is 10.9 Å². The number of benzene rings is 1. The molecule has 0 spiro atoms. The van der Waals surface area contributed by atoms with Gasteiger partial charge in [-0.15, -0.1) is 10.2 Å². The molecule has 0 saturated carbocycles. The van der Waals surface area contributed by atoms with Crippen molar-refractivity contribution in [3.63, 3.8) is 0 Å². The van der Waals surface area contributed by atoms with Gasteiger partial charge in [-0.25, -0.2) is 13.4 Å². The van der Waals surface area contributed by atoms with E-state index in [1.54, 1.807) is 31.2 Å². The Morgan fingerprint density at radius 1 is 1.08 bits per heavy atom. The lowest BCUT2D eigenvalue weighted by molar-refractivity contribution is -0.114. The number of aromatic nitrogens is 3. The molecule has 0 bridgehead atoms. The summed E-state index contributed by atoms with van der Waals surface area (Å²) in [5, 5.41) is 11.1. The number of nitrogens with zero attached hydrogens (tertiary/aromatic N) is 3. The number of carbonyl (C=O) groups is 1. The molecular formula is C16H15N5O3S2. The molecule has 134 valence electrons. The predicted molar refractivity (Wildman–Crippen MR) is 99.4 cm³/mol. The molecule has 2 aromatic heterocycles. The molecular weight excluding hydrogens is 374 g/mol. The van der Waals surface area contributed by atoms with Crippen molar-refractivity contribution in [3.8, 4) is 10.6 Å². The third-order valence-electron chi connectivity index (χ3n) is 3.27. The summed E-state index contributed by atoms with van der Waals surface area (Å²) < 4.78 is 27.0. The first-order valence-electron chi connectivity index (χ1n) is 7.52. The number of sulfonamides is 1. The van der Waals surface area contributed by atoms with Crippen LogP contribution < -0.4 is 10.0 Å². The van der Waals surface area contributed by atoms with Crippen LogP contribution in [0.1, 0.15) is 12.6 Å². The van der Waals surface area contributed by atoms with Crippen molar-refractivity contribution in [3.05, 3.63) is 48.2 Å². The molecule has 0 fully saturated rings. The van der Waals surface area contributed by atoms with E-state index in [0.29, 0.717) is 16.5 Å². The minimum Gasteiger partial charge on any atom is -0.302 e. The Labute approximate surface area is 154 Å². The van der Waals surface area contributed by atoms with Gasteiger partial charge in [0, 0.05) is 6.92 Å². The second kappa shape index (κ2) is 7.18. The Bertz CT molecular complexity index is 1030. The Morgan fingerprint density at radius 3 is 2.42 bits per heavy atom. The van der Waals surface area contributed by atoms with Crippen molar-refractivity contribution in [2.45, 2.75) is 18.7 Å². The number of amides is 1. The first-order valence-corrected chi connectivity index (χ1v) is 9.82. The normalized spacial score (nSPS) is 11.2. The van der Waals surface area contributed by atoms with E-state index in [4.69, 9.17) is 0 Å². The van der Waals surface area contributed by atoms with Crippen LogP contribution in [0.15, 0.2) is 47.4 Å². The highest BCUT2D eigenvalue weighted by Crippen LogP contribution is 2.31. The lowest BCUT2D eigenvalue weighted by Gasteiger charge is -2.06. The Kier molecular flexibility index (Phi) is 4.96. The van der Waals surface area contributed by atoms with E-state index in [1.165, 1.54) is 36.5 Å². The summed E-state index contributed by atoms with van der Waals surface area (Å²) in [6, 6.07) is 11.2. The molecule has 0 aliphatic heterocycles. The molecule has 1 amide bonds. The maximum atomic E-state index is 12.3. The molecule has 2 heterocycles. The van der Waals surface area contributed by atoms with Gasteiger partial charge in [0.05, 0.1) is 15.5 Å². The van der Waals surface area contributed by atoms with E-state index >= 15 is 0 Å². The fourth-order valence-electron chi connectivity index (χ4n) is 2.14. The van der Waals surface area contributed by atoms with Gasteiger partial charge in [0.1, 0.15) is 5.69 Å². The van der Waals surface area contributed by atoms with Gasteiger partial charge in [-0.3, -0.25) is 9.52 Å². The average Bonchev–Trinajstić information content (AvgIpc) is 2.95. The van der Waals surface area contributed by atoms with Crippen LogP contribution in [0.25, 0.3) is 10.6 Å². The molecule has 26 heavy (non-hydrogen) atoms. The van der Waals surface area contributed by atoms with Crippen molar-refractivity contribution < 1.29 is 13.2 Å². The number of aryl methyl sites for hydroxylation is 1. The van der Waals surface area contributed by atoms with Crippen molar-refractivity contribution in [1.29, 1.82) is 0 Å². The fourth-order valence-corrected chi connectivity index (χ4v) is 4.14. The van der Waals surface area contributed by atoms with E-state index in [1.807, 2.05) is 0 Å². The first-order chi connectivity index (χ1) is 12.3. The van der Waals surface area contributed by atoms with Crippen LogP contribution >= 0.6 is 11.3 Å². The number of hydrogen-bond donors (Lipinski definition) is 2. The second-order valence-corrected chi connectivity index (χ2v) is 8.02. The molecule has 10 heteroatoms. The lowest BCUT2D eigenvalue weighted by atomic mass is 10.3. The Balaban J connectivity index is 1.81. The summed E-state index contributed by atoms with van der Waals surface area (Å²) >= 11 is 1.27. The highest BCUT2D eigenvalue weighted by Gasteiger charge is 2.16. The lowest BCUT2D eigenvalue weighted by Crippen LogP contribution is -2.14. The van der Waals surface area contributed by atoms with E-state index in [9.17, 15) is 13.2 Å². The van der Waals surface area contributed by atoms with E-state index < -0.39 is 10.0 Å². The maximum absolute atomic E-state index is 12.3. The second-order valence-electron chi connectivity index (χ2n) is 5.34. The first kappa shape index (κ1) is 18.0. The molecule has 1 aromatic carbocycles. The van der Waals surface area contributed by atoms with Gasteiger partial charge in [0.15, 0.2) is 10.9 Å². The standard InChI is InChI=1S/C16H15N5O3S2/c1-10-15(25-16(17-10)18-11(2)22)13-8-9-14(20-19-13)21-26(23,24)12-6-4-3-5-7-12/h3-9H,1-2H3,(H,20,21)(H,17,18,22). The van der Waals surface area contributed by atoms with Gasteiger partial charge in [-0.05, 0) is 31.2 Å². The minimum absolute atomic E-state index is 0.113. The third-order valence-corrected chi connectivity index (χ3v) is 5.74. The van der Waals surface area contributed by atoms with Crippen molar-refractivity contribution in [2.24, 2.45) is 0 Å². The summed E-state index contributed by atoms with van der Waals surface area (Å²) in [5.41, 5.74) is 1.24. The summed E-state index contributed by atoms with van der Waals surface area (Å²) in [6.07, 6.45) is 0. The van der Waals surface area contributed by atoms with Crippen LogP contribution in [0.3, 0.4) is 0 Å². The number of anilines is 2. The predicted octanol–water partition coefficient (Wildman–Crippen LogP) is 2.67. The maximum Gasteiger partial charge on any atom is 0.263 e. The molecule has 0 aliphatic rings. The van der Waals surface area contributed by atoms with Crippen molar-refractivity contribution in [2.75, 3.05) is 10.0 Å². The van der Waals surface area contributed by atoms with Gasteiger partial charge >= 0.3 is 0 Å². The molecule has 8 nitrogen and oxygen atoms in total. The molecule has 0 radical (unpaired) electrons. The average molecular weight is 389 g/mol. The van der Waals surface area contributed by atoms with Gasteiger partial charge in [-0.2, -0.15) is 0 Å². The summed E-state index contributed by atoms with van der Waals surface area (Å²) in [6.45, 7) is 3.20. The molecule has 0 unspecified atom stereocenters. The number of rotatable bonds is 5. The van der Waals surface area contributed by atoms with E-state index in [-0.39, 0.29) is 16.6 Å². The van der Waals surface area contributed by atoms with Crippen LogP contribution in [0.2, 0.25) is 0 Å². The SMILES string of the molecule is CC(=O)Nc1nc(C)c(-c2ccc(NS(=O)(=O)c3ccccc3)nn2)s1. The monoisotopic (exact) mass is 389 g/mol. The zero-order chi connectivity index (χ0) is 18.7. The van der Waals surface area contributed by atoms with Gasteiger partial charge in [0.2, 0.25) is 5.91 Å². The van der Waals surface area contributed by atoms with E-state index in [0.717, 1.165) is 4.88 Å². The zero-order valence-corrected chi connectivity index (χ0v) is 15.6. The van der Waals surface area contributed by atoms with Gasteiger partial charge in [-0.1, -0.05) is 29.5 Å². The number of nitrogens with one attached hydrogen (secondary N) is 2. The minimum atomic E-state index is -3.72. The zero-order valence-electron chi connectivity index (χ0n) is 13.9. The topological polar surface area (TPSA) is 114 Å². The van der Waals surface area contributed by atoms with Crippen molar-refractivity contribution in [1.82, 2.24) is 15.2 Å². The Morgan fingerprint density at radius 2 is 1.81 bits per heavy atom. The highest BCUT2D eigenvalue weighted by molar-refractivity contribution is 7.92.